The summed E-state index contributed by atoms with van der Waals surface area (Å²) >= 11 is 0. The first kappa shape index (κ1) is 29.9. The number of phenols is 1. The van der Waals surface area contributed by atoms with Crippen molar-refractivity contribution in [3.63, 3.8) is 0 Å². The maximum absolute atomic E-state index is 13.3. The number of benzene rings is 2. The molecule has 2 aromatic rings. The van der Waals surface area contributed by atoms with Gasteiger partial charge < -0.3 is 26.2 Å². The number of nitrogens with one attached hydrogen (secondary N) is 3. The molecule has 2 atom stereocenters. The van der Waals surface area contributed by atoms with Crippen molar-refractivity contribution in [2.45, 2.75) is 32.4 Å². The van der Waals surface area contributed by atoms with Crippen LogP contribution < -0.4 is 16.0 Å². The van der Waals surface area contributed by atoms with Crippen molar-refractivity contribution < 1.29 is 39.4 Å². The van der Waals surface area contributed by atoms with Crippen molar-refractivity contribution in [2.24, 2.45) is 5.92 Å². The molecule has 0 radical (unpaired) electrons. The van der Waals surface area contributed by atoms with E-state index in [0.717, 1.165) is 0 Å². The third-order valence-corrected chi connectivity index (χ3v) is 5.36. The molecule has 2 rings (SSSR count). The lowest BCUT2D eigenvalue weighted by Gasteiger charge is -2.25. The molecule has 0 spiro atoms. The molecular formula is C22H24N6O11. The number of hydrogen-bond donors (Lipinski definition) is 5. The van der Waals surface area contributed by atoms with Gasteiger partial charge in [-0.25, -0.2) is 0 Å². The first-order chi connectivity index (χ1) is 18.2. The van der Waals surface area contributed by atoms with E-state index < -0.39 is 79.8 Å². The number of anilines is 1. The van der Waals surface area contributed by atoms with Crippen LogP contribution in [0.5, 0.6) is 5.75 Å². The Labute approximate surface area is 219 Å². The van der Waals surface area contributed by atoms with Crippen LogP contribution >= 0.6 is 0 Å². The minimum absolute atomic E-state index is 0.107. The molecule has 0 unspecified atom stereocenters. The normalized spacial score (nSPS) is 12.2. The van der Waals surface area contributed by atoms with Crippen LogP contribution in [0.2, 0.25) is 0 Å². The van der Waals surface area contributed by atoms with Crippen LogP contribution in [0.1, 0.15) is 19.4 Å². The second-order valence-corrected chi connectivity index (χ2v) is 8.54. The van der Waals surface area contributed by atoms with Crippen LogP contribution in [0, 0.1) is 36.3 Å². The predicted molar refractivity (Wildman–Crippen MR) is 133 cm³/mol. The molecule has 5 N–H and O–H groups in total. The lowest BCUT2D eigenvalue weighted by atomic mass is 10.0. The topological polar surface area (TPSA) is 257 Å². The van der Waals surface area contributed by atoms with E-state index in [1.54, 1.807) is 13.8 Å². The number of rotatable bonds is 13. The van der Waals surface area contributed by atoms with E-state index in [1.165, 1.54) is 24.3 Å². The molecule has 17 nitrogen and oxygen atoms in total. The van der Waals surface area contributed by atoms with Crippen molar-refractivity contribution in [1.29, 1.82) is 0 Å². The molecule has 0 bridgehead atoms. The lowest BCUT2D eigenvalue weighted by molar-refractivity contribution is -0.401. The van der Waals surface area contributed by atoms with Crippen LogP contribution in [0.4, 0.5) is 22.7 Å². The number of non-ortho nitro benzene ring substituents is 1. The van der Waals surface area contributed by atoms with Crippen LogP contribution in [0.15, 0.2) is 36.4 Å². The molecule has 39 heavy (non-hydrogen) atoms. The van der Waals surface area contributed by atoms with Gasteiger partial charge in [-0.05, 0) is 23.6 Å². The maximum Gasteiger partial charge on any atom is 0.322 e. The fourth-order valence-corrected chi connectivity index (χ4v) is 3.45. The van der Waals surface area contributed by atoms with Gasteiger partial charge >= 0.3 is 17.3 Å². The summed E-state index contributed by atoms with van der Waals surface area (Å²) in [5, 5.41) is 59.9. The zero-order valence-electron chi connectivity index (χ0n) is 20.5. The number of carbonyl (C=O) groups is 3. The van der Waals surface area contributed by atoms with Gasteiger partial charge in [-0.2, -0.15) is 0 Å². The summed E-state index contributed by atoms with van der Waals surface area (Å²) in [6.07, 6.45) is -0.265. The number of phenolic OH excluding ortho intramolecular Hbond substituents is 1. The van der Waals surface area contributed by atoms with Gasteiger partial charge in [0, 0.05) is 6.42 Å². The number of amides is 2. The Morgan fingerprint density at radius 3 is 1.87 bits per heavy atom. The first-order valence-corrected chi connectivity index (χ1v) is 11.2. The average Bonchev–Trinajstić information content (AvgIpc) is 2.85. The van der Waals surface area contributed by atoms with E-state index in [4.69, 9.17) is 5.11 Å². The van der Waals surface area contributed by atoms with Gasteiger partial charge in [-0.15, -0.1) is 0 Å². The summed E-state index contributed by atoms with van der Waals surface area (Å²) in [6, 6.07) is 3.63. The standard InChI is InChI=1S/C22H24N6O11/c1-11(2)19(22(33)23-10-18(30)31)25-21(32)15(7-12-3-5-14(29)6-4-12)24-20-16(27(36)37)8-13(26(34)35)9-17(20)28(38)39/h3-6,8-9,11,15,19,24,29H,7,10H2,1-2H3,(H,23,33)(H,25,32)(H,30,31)/t15-,19+/m1/s1. The average molecular weight is 548 g/mol. The summed E-state index contributed by atoms with van der Waals surface area (Å²) in [6.45, 7) is 2.38. The number of carboxylic acids is 1. The van der Waals surface area contributed by atoms with Crippen LogP contribution in [0.3, 0.4) is 0 Å². The second-order valence-electron chi connectivity index (χ2n) is 8.54. The number of hydrogen-bond acceptors (Lipinski definition) is 11. The Balaban J connectivity index is 2.56. The minimum atomic E-state index is -1.51. The van der Waals surface area contributed by atoms with Crippen molar-refractivity contribution in [3.05, 3.63) is 72.3 Å². The fourth-order valence-electron chi connectivity index (χ4n) is 3.45. The smallest absolute Gasteiger partial charge is 0.322 e. The molecule has 0 aliphatic carbocycles. The Hall–Kier alpha value is -5.35. The molecule has 2 aromatic carbocycles. The van der Waals surface area contributed by atoms with Crippen molar-refractivity contribution in [2.75, 3.05) is 11.9 Å². The highest BCUT2D eigenvalue weighted by atomic mass is 16.6. The number of nitro groups is 3. The van der Waals surface area contributed by atoms with Gasteiger partial charge in [-0.1, -0.05) is 26.0 Å². The molecule has 2 amide bonds. The summed E-state index contributed by atoms with van der Waals surface area (Å²) in [4.78, 5) is 68.0. The van der Waals surface area contributed by atoms with E-state index in [0.29, 0.717) is 17.7 Å². The maximum atomic E-state index is 13.3. The number of carboxylic acid groups (broad SMARTS) is 1. The van der Waals surface area contributed by atoms with Gasteiger partial charge in [0.2, 0.25) is 11.8 Å². The molecule has 0 aliphatic heterocycles. The summed E-state index contributed by atoms with van der Waals surface area (Å²) in [5.74, 6) is -3.78. The third kappa shape index (κ3) is 8.07. The van der Waals surface area contributed by atoms with Gasteiger partial charge in [0.05, 0.1) is 26.9 Å². The van der Waals surface area contributed by atoms with E-state index in [9.17, 15) is 49.8 Å². The van der Waals surface area contributed by atoms with E-state index in [2.05, 4.69) is 16.0 Å². The zero-order valence-corrected chi connectivity index (χ0v) is 20.5. The van der Waals surface area contributed by atoms with Crippen molar-refractivity contribution in [1.82, 2.24) is 10.6 Å². The number of nitro benzene ring substituents is 3. The quantitative estimate of drug-likeness (QED) is 0.176. The monoisotopic (exact) mass is 548 g/mol. The van der Waals surface area contributed by atoms with Gasteiger partial charge in [0.1, 0.15) is 24.4 Å². The molecule has 0 fully saturated rings. The highest BCUT2D eigenvalue weighted by Gasteiger charge is 2.35. The van der Waals surface area contributed by atoms with Gasteiger partial charge in [0.15, 0.2) is 5.69 Å². The molecule has 0 saturated carbocycles. The zero-order chi connectivity index (χ0) is 29.4. The number of carbonyl (C=O) groups excluding carboxylic acids is 2. The number of aromatic hydroxyl groups is 1. The van der Waals surface area contributed by atoms with Crippen molar-refractivity contribution >= 4 is 40.5 Å². The largest absolute Gasteiger partial charge is 0.508 e. The number of nitrogens with zero attached hydrogens (tertiary/aromatic N) is 3. The molecule has 0 aliphatic rings. The molecular weight excluding hydrogens is 524 g/mol. The van der Waals surface area contributed by atoms with E-state index in [1.807, 2.05) is 0 Å². The SMILES string of the molecule is CC(C)[C@H](NC(=O)[C@@H](Cc1ccc(O)cc1)Nc1c([N+](=O)[O-])cc([N+](=O)[O-])cc1[N+](=O)[O-])C(=O)NCC(=O)O. The van der Waals surface area contributed by atoms with Crippen molar-refractivity contribution in [3.8, 4) is 5.75 Å². The Kier molecular flexibility index (Phi) is 9.77. The summed E-state index contributed by atoms with van der Waals surface area (Å²) < 4.78 is 0. The molecule has 0 saturated heterocycles. The Bertz CT molecular complexity index is 1260. The second kappa shape index (κ2) is 12.7. The lowest BCUT2D eigenvalue weighted by Crippen LogP contribution is -2.54. The first-order valence-electron chi connectivity index (χ1n) is 11.2. The Morgan fingerprint density at radius 2 is 1.44 bits per heavy atom. The predicted octanol–water partition coefficient (Wildman–Crippen LogP) is 1.48. The molecule has 17 heteroatoms. The van der Waals surface area contributed by atoms with E-state index in [-0.39, 0.29) is 12.2 Å². The minimum Gasteiger partial charge on any atom is -0.508 e. The van der Waals surface area contributed by atoms with Crippen LogP contribution in [0.25, 0.3) is 0 Å². The summed E-state index contributed by atoms with van der Waals surface area (Å²) in [5.41, 5.74) is -3.40. The highest BCUT2D eigenvalue weighted by Crippen LogP contribution is 2.39. The van der Waals surface area contributed by atoms with Crippen LogP contribution in [-0.4, -0.2) is 61.4 Å². The summed E-state index contributed by atoms with van der Waals surface area (Å²) in [7, 11) is 0. The fraction of sp³-hybridized carbons (Fsp3) is 0.318. The van der Waals surface area contributed by atoms with E-state index >= 15 is 0 Å². The highest BCUT2D eigenvalue weighted by molar-refractivity contribution is 5.93. The van der Waals surface area contributed by atoms with Gasteiger partial charge in [-0.3, -0.25) is 44.7 Å². The third-order valence-electron chi connectivity index (χ3n) is 5.36. The van der Waals surface area contributed by atoms with Gasteiger partial charge in [0.25, 0.3) is 5.69 Å². The molecule has 0 aromatic heterocycles. The molecule has 0 heterocycles. The number of aliphatic carboxylic acids is 1. The van der Waals surface area contributed by atoms with Crippen LogP contribution in [-0.2, 0) is 20.8 Å². The molecule has 208 valence electrons. The Morgan fingerprint density at radius 1 is 0.897 bits per heavy atom.